The fourth-order valence-corrected chi connectivity index (χ4v) is 0.479. The number of Topliss-reactive ketones (excluding diaryl/α,β-unsaturated/α-hetero) is 1. The molecule has 1 aromatic heterocycles. The van der Waals surface area contributed by atoms with Crippen LogP contribution in [0.25, 0.3) is 0 Å². The van der Waals surface area contributed by atoms with Crippen LogP contribution in [0.2, 0.25) is 0 Å². The summed E-state index contributed by atoms with van der Waals surface area (Å²) in [5.74, 6) is 0.389. The summed E-state index contributed by atoms with van der Waals surface area (Å²) >= 11 is 0. The van der Waals surface area contributed by atoms with E-state index in [0.717, 1.165) is 0 Å². The molecule has 4 nitrogen and oxygen atoms in total. The zero-order chi connectivity index (χ0) is 9.56. The lowest BCUT2D eigenvalue weighted by Gasteiger charge is -1.80. The minimum absolute atomic E-state index is 0.0324. The molecule has 1 unspecified atom stereocenters. The van der Waals surface area contributed by atoms with Crippen LogP contribution in [0, 0.1) is 0 Å². The number of hydrogen-bond donors (Lipinski definition) is 1. The Balaban J connectivity index is 0.000000261. The molecular weight excluding hydrogens is 160 g/mol. The molecule has 0 aliphatic carbocycles. The second kappa shape index (κ2) is 5.51. The van der Waals surface area contributed by atoms with E-state index in [2.05, 4.69) is 0 Å². The predicted octanol–water partition coefficient (Wildman–Crippen LogP) is 1.24. The van der Waals surface area contributed by atoms with Gasteiger partial charge in [-0.3, -0.25) is 4.79 Å². The van der Waals surface area contributed by atoms with E-state index in [1.54, 1.807) is 12.1 Å². The Hall–Kier alpha value is -1.13. The number of aliphatic hydroxyl groups is 1. The van der Waals surface area contributed by atoms with Crippen LogP contribution >= 0.6 is 0 Å². The molecule has 67 valence electrons. The first kappa shape index (κ1) is 10.9. The highest BCUT2D eigenvalue weighted by atomic mass is 16.5. The van der Waals surface area contributed by atoms with Crippen LogP contribution in [0.3, 0.4) is 0 Å². The first-order chi connectivity index (χ1) is 5.54. The summed E-state index contributed by atoms with van der Waals surface area (Å²) in [6, 6.07) is 3.33. The van der Waals surface area contributed by atoms with Gasteiger partial charge < -0.3 is 9.52 Å². The van der Waals surface area contributed by atoms with E-state index < -0.39 is 6.29 Å². The summed E-state index contributed by atoms with van der Waals surface area (Å²) in [6.07, 6.45) is 0.0662. The Morgan fingerprint density at radius 3 is 2.33 bits per heavy atom. The van der Waals surface area contributed by atoms with Crippen molar-refractivity contribution in [2.75, 3.05) is 0 Å². The van der Waals surface area contributed by atoms with Gasteiger partial charge in [-0.2, -0.15) is 0 Å². The minimum atomic E-state index is -1.42. The number of furan rings is 1. The molecule has 1 rings (SSSR count). The first-order valence-corrected chi connectivity index (χ1v) is 3.42. The Kier molecular flexibility index (Phi) is 4.99. The summed E-state index contributed by atoms with van der Waals surface area (Å²) in [7, 11) is 0. The molecule has 1 aromatic rings. The van der Waals surface area contributed by atoms with Gasteiger partial charge in [-0.1, -0.05) is 0 Å². The zero-order valence-corrected chi connectivity index (χ0v) is 6.98. The standard InChI is InChI=1S/C6H6O2.C2H5O2/c1-5(7)6-3-2-4-8-6;1-2(3)4/h2-4H,1H3;2-3H,1H3. The van der Waals surface area contributed by atoms with Crippen molar-refractivity contribution in [2.24, 2.45) is 0 Å². The van der Waals surface area contributed by atoms with Crippen LogP contribution in [-0.2, 0) is 5.11 Å². The molecular formula is C8H11O4. The molecule has 1 N–H and O–H groups in total. The van der Waals surface area contributed by atoms with E-state index in [1.165, 1.54) is 20.1 Å². The quantitative estimate of drug-likeness (QED) is 0.510. The van der Waals surface area contributed by atoms with Crippen molar-refractivity contribution in [3.63, 3.8) is 0 Å². The second-order valence-electron chi connectivity index (χ2n) is 2.13. The molecule has 12 heavy (non-hydrogen) atoms. The smallest absolute Gasteiger partial charge is 0.194 e. The van der Waals surface area contributed by atoms with E-state index in [-0.39, 0.29) is 5.78 Å². The molecule has 1 heterocycles. The topological polar surface area (TPSA) is 70.3 Å². The van der Waals surface area contributed by atoms with Gasteiger partial charge in [0.05, 0.1) is 6.26 Å². The fourth-order valence-electron chi connectivity index (χ4n) is 0.479. The summed E-state index contributed by atoms with van der Waals surface area (Å²) in [5, 5.41) is 16.6. The molecule has 0 spiro atoms. The van der Waals surface area contributed by atoms with Crippen molar-refractivity contribution >= 4 is 5.78 Å². The average Bonchev–Trinajstić information content (AvgIpc) is 2.34. The lowest BCUT2D eigenvalue weighted by Crippen LogP contribution is -1.89. The Bertz CT molecular complexity index is 210. The highest BCUT2D eigenvalue weighted by molar-refractivity contribution is 5.91. The number of hydrogen-bond acceptors (Lipinski definition) is 3. The summed E-state index contributed by atoms with van der Waals surface area (Å²) in [6.45, 7) is 2.64. The van der Waals surface area contributed by atoms with Crippen molar-refractivity contribution in [1.29, 1.82) is 0 Å². The molecule has 0 aliphatic heterocycles. The normalized spacial score (nSPS) is 9.08. The number of ketones is 1. The number of carbonyl (C=O) groups excluding carboxylic acids is 1. The Morgan fingerprint density at radius 1 is 1.67 bits per heavy atom. The molecule has 0 aromatic carbocycles. The maximum absolute atomic E-state index is 10.4. The summed E-state index contributed by atoms with van der Waals surface area (Å²) in [4.78, 5) is 10.4. The molecule has 1 radical (unpaired) electrons. The zero-order valence-electron chi connectivity index (χ0n) is 6.98. The van der Waals surface area contributed by atoms with Gasteiger partial charge in [-0.15, -0.1) is 0 Å². The van der Waals surface area contributed by atoms with Crippen LogP contribution in [-0.4, -0.2) is 17.2 Å². The van der Waals surface area contributed by atoms with Gasteiger partial charge in [0.1, 0.15) is 0 Å². The van der Waals surface area contributed by atoms with Gasteiger partial charge in [-0.05, 0) is 19.1 Å². The predicted molar refractivity (Wildman–Crippen MR) is 41.1 cm³/mol. The third kappa shape index (κ3) is 5.64. The monoisotopic (exact) mass is 171 g/mol. The highest BCUT2D eigenvalue weighted by Gasteiger charge is 1.97. The lowest BCUT2D eigenvalue weighted by atomic mass is 10.3. The van der Waals surface area contributed by atoms with E-state index in [1.807, 2.05) is 0 Å². The van der Waals surface area contributed by atoms with Crippen LogP contribution in [0.1, 0.15) is 24.4 Å². The fraction of sp³-hybridized carbons (Fsp3) is 0.375. The van der Waals surface area contributed by atoms with Gasteiger partial charge >= 0.3 is 0 Å². The van der Waals surface area contributed by atoms with Gasteiger partial charge in [0.2, 0.25) is 0 Å². The number of carbonyl (C=O) groups is 1. The lowest BCUT2D eigenvalue weighted by molar-refractivity contribution is -0.0757. The molecule has 0 amide bonds. The van der Waals surface area contributed by atoms with Crippen molar-refractivity contribution < 1.29 is 19.4 Å². The van der Waals surface area contributed by atoms with E-state index in [4.69, 9.17) is 14.6 Å². The molecule has 0 saturated heterocycles. The molecule has 0 aliphatic rings. The van der Waals surface area contributed by atoms with Crippen molar-refractivity contribution in [3.05, 3.63) is 24.2 Å². The minimum Gasteiger partial charge on any atom is -0.461 e. The van der Waals surface area contributed by atoms with Crippen LogP contribution in [0.4, 0.5) is 0 Å². The van der Waals surface area contributed by atoms with Crippen molar-refractivity contribution in [3.8, 4) is 0 Å². The number of aliphatic hydroxyl groups excluding tert-OH is 1. The number of rotatable bonds is 1. The molecule has 4 heteroatoms. The highest BCUT2D eigenvalue weighted by Crippen LogP contribution is 1.98. The average molecular weight is 171 g/mol. The molecule has 1 atom stereocenters. The first-order valence-electron chi connectivity index (χ1n) is 3.42. The van der Waals surface area contributed by atoms with Crippen molar-refractivity contribution in [2.45, 2.75) is 20.1 Å². The Labute approximate surface area is 70.4 Å². The van der Waals surface area contributed by atoms with Gasteiger partial charge in [0.15, 0.2) is 17.8 Å². The van der Waals surface area contributed by atoms with Gasteiger partial charge in [0, 0.05) is 6.92 Å². The SMILES string of the molecule is CC(=O)c1ccco1.CC([O])O. The Morgan fingerprint density at radius 2 is 2.17 bits per heavy atom. The third-order valence-electron chi connectivity index (χ3n) is 0.868. The van der Waals surface area contributed by atoms with Crippen LogP contribution in [0.15, 0.2) is 22.8 Å². The van der Waals surface area contributed by atoms with Gasteiger partial charge in [0.25, 0.3) is 0 Å². The maximum atomic E-state index is 10.4. The van der Waals surface area contributed by atoms with Gasteiger partial charge in [-0.25, -0.2) is 5.11 Å². The van der Waals surface area contributed by atoms with Crippen LogP contribution in [0.5, 0.6) is 0 Å². The van der Waals surface area contributed by atoms with Crippen LogP contribution < -0.4 is 0 Å². The van der Waals surface area contributed by atoms with E-state index >= 15 is 0 Å². The maximum Gasteiger partial charge on any atom is 0.194 e. The third-order valence-corrected chi connectivity index (χ3v) is 0.868. The molecule has 0 saturated carbocycles. The summed E-state index contributed by atoms with van der Waals surface area (Å²) in [5.41, 5.74) is 0. The molecule has 0 fully saturated rings. The second-order valence-corrected chi connectivity index (χ2v) is 2.13. The largest absolute Gasteiger partial charge is 0.461 e. The van der Waals surface area contributed by atoms with E-state index in [0.29, 0.717) is 5.76 Å². The molecule has 0 bridgehead atoms. The summed E-state index contributed by atoms with van der Waals surface area (Å²) < 4.78 is 4.75. The van der Waals surface area contributed by atoms with Crippen molar-refractivity contribution in [1.82, 2.24) is 0 Å². The van der Waals surface area contributed by atoms with E-state index in [9.17, 15) is 4.79 Å².